The topological polar surface area (TPSA) is 23.8 Å². The van der Waals surface area contributed by atoms with Gasteiger partial charge < -0.3 is 5.73 Å². The van der Waals surface area contributed by atoms with Crippen LogP contribution in [0.4, 0.5) is 0 Å². The Morgan fingerprint density at radius 3 is 1.83 bits per heavy atom. The van der Waals surface area contributed by atoms with Gasteiger partial charge in [0, 0.05) is 44.1 Å². The molecule has 0 aromatic rings. The summed E-state index contributed by atoms with van der Waals surface area (Å²) in [5.74, 6) is 0. The molecule has 0 bridgehead atoms. The molecule has 1 N–H and O–H groups in total. The molecular weight excluding hydrogens is 289 g/mol. The van der Waals surface area contributed by atoms with Crippen LogP contribution >= 0.6 is 0 Å². The van der Waals surface area contributed by atoms with Gasteiger partial charge in [0.05, 0.1) is 0 Å². The third-order valence-corrected chi connectivity index (χ3v) is 0.433. The second-order valence-corrected chi connectivity index (χ2v) is 0.972. The second kappa shape index (κ2) is 5.98. The number of rotatable bonds is 0. The van der Waals surface area contributed by atoms with Crippen LogP contribution in [0.3, 0.4) is 0 Å². The van der Waals surface area contributed by atoms with Crippen LogP contribution in [0.25, 0.3) is 5.73 Å². The molecule has 1 nitrogen and oxygen atoms in total. The van der Waals surface area contributed by atoms with Gasteiger partial charge in [-0.1, -0.05) is 6.92 Å². The smallest absolute Gasteiger partial charge is 0 e. The van der Waals surface area contributed by atoms with Gasteiger partial charge in [-0.25, -0.2) is 0 Å². The van der Waals surface area contributed by atoms with E-state index in [2.05, 4.69) is 0 Å². The molecule has 0 aromatic carbocycles. The molecule has 0 rings (SSSR count). The second-order valence-electron chi connectivity index (χ2n) is 0.972. The number of allylic oxidation sites excluding steroid dienone is 2. The van der Waals surface area contributed by atoms with Gasteiger partial charge in [-0.15, -0.1) is 6.08 Å². The predicted molar refractivity (Wildman–Crippen MR) is 23.8 cm³/mol. The Kier molecular flexibility index (Phi) is 10.0. The van der Waals surface area contributed by atoms with Crippen LogP contribution in [-0.2, 0) is 0 Å². The molecule has 0 atom stereocenters. The Morgan fingerprint density at radius 1 is 1.67 bits per heavy atom. The molecule has 0 saturated carbocycles. The summed E-state index contributed by atoms with van der Waals surface area (Å²) in [5.41, 5.74) is 7.32. The Labute approximate surface area is 74.5 Å². The fourth-order valence-electron chi connectivity index (χ4n) is 0. The molecule has 0 heterocycles. The number of hydrogen-bond donors (Lipinski definition) is 0. The van der Waals surface area contributed by atoms with Crippen molar-refractivity contribution in [3.05, 3.63) is 17.5 Å². The van der Waals surface area contributed by atoms with Gasteiger partial charge in [-0.05, 0) is 6.92 Å². The Bertz CT molecular complexity index is 45.5. The Balaban J connectivity index is 0. The first-order valence-electron chi connectivity index (χ1n) is 1.62. The molecule has 0 fully saturated rings. The maximum absolute atomic E-state index is 6.69. The van der Waals surface area contributed by atoms with E-state index in [1.54, 1.807) is 13.0 Å². The van der Waals surface area contributed by atoms with Crippen LogP contribution < -0.4 is 0 Å². The van der Waals surface area contributed by atoms with Crippen molar-refractivity contribution in [2.45, 2.75) is 13.8 Å². The van der Waals surface area contributed by atoms with Crippen LogP contribution in [0.1, 0.15) is 13.8 Å². The van der Waals surface area contributed by atoms with Crippen molar-refractivity contribution in [1.82, 2.24) is 0 Å². The fourth-order valence-corrected chi connectivity index (χ4v) is 0. The molecule has 0 saturated heterocycles. The van der Waals surface area contributed by atoms with E-state index in [9.17, 15) is 0 Å². The van der Waals surface area contributed by atoms with E-state index in [1.165, 1.54) is 0 Å². The number of hydrogen-bond acceptors (Lipinski definition) is 0. The maximum Gasteiger partial charge on any atom is 0 e. The third kappa shape index (κ3) is 8.88. The summed E-state index contributed by atoms with van der Waals surface area (Å²) >= 11 is 0. The van der Waals surface area contributed by atoms with E-state index in [1.807, 2.05) is 6.92 Å². The standard InChI is InChI=1S/C4H8N.Ac/c1-3-4(2)5;/h3,5H,1-2H3;/q-1;/b4-3-;. The van der Waals surface area contributed by atoms with Gasteiger partial charge in [-0.2, -0.15) is 5.70 Å². The predicted octanol–water partition coefficient (Wildman–Crippen LogP) is 1.96. The van der Waals surface area contributed by atoms with E-state index in [0.717, 1.165) is 0 Å². The molecule has 0 spiro atoms. The van der Waals surface area contributed by atoms with Crippen LogP contribution in [0.5, 0.6) is 0 Å². The zero-order valence-corrected chi connectivity index (χ0v) is 8.90. The summed E-state index contributed by atoms with van der Waals surface area (Å²) in [7, 11) is 0. The van der Waals surface area contributed by atoms with Crippen molar-refractivity contribution in [2.75, 3.05) is 0 Å². The van der Waals surface area contributed by atoms with Gasteiger partial charge in [0.25, 0.3) is 0 Å². The van der Waals surface area contributed by atoms with Gasteiger partial charge in [0.15, 0.2) is 0 Å². The molecule has 33 valence electrons. The molecular formula is C4H8AcN-. The van der Waals surface area contributed by atoms with E-state index >= 15 is 0 Å². The van der Waals surface area contributed by atoms with Crippen LogP contribution in [0, 0.1) is 44.1 Å². The van der Waals surface area contributed by atoms with Crippen molar-refractivity contribution in [2.24, 2.45) is 0 Å². The first kappa shape index (κ1) is 10.1. The van der Waals surface area contributed by atoms with Gasteiger partial charge >= 0.3 is 0 Å². The molecule has 0 aromatic heterocycles. The van der Waals surface area contributed by atoms with Crippen molar-refractivity contribution >= 4 is 0 Å². The fraction of sp³-hybridized carbons (Fsp3) is 0.500. The monoisotopic (exact) mass is 297 g/mol. The Hall–Kier alpha value is 0.982. The average molecular weight is 297 g/mol. The minimum Gasteiger partial charge on any atom is -0.703 e. The minimum absolute atomic E-state index is 0. The van der Waals surface area contributed by atoms with Crippen LogP contribution in [-0.4, -0.2) is 0 Å². The first-order chi connectivity index (χ1) is 2.27. The summed E-state index contributed by atoms with van der Waals surface area (Å²) in [5, 5.41) is 0. The summed E-state index contributed by atoms with van der Waals surface area (Å²) < 4.78 is 0. The van der Waals surface area contributed by atoms with E-state index in [-0.39, 0.29) is 44.1 Å². The van der Waals surface area contributed by atoms with Crippen molar-refractivity contribution in [3.8, 4) is 0 Å². The molecule has 2 heteroatoms. The van der Waals surface area contributed by atoms with Crippen molar-refractivity contribution in [1.29, 1.82) is 0 Å². The molecule has 0 amide bonds. The van der Waals surface area contributed by atoms with E-state index < -0.39 is 0 Å². The summed E-state index contributed by atoms with van der Waals surface area (Å²) in [4.78, 5) is 0. The summed E-state index contributed by atoms with van der Waals surface area (Å²) in [6.07, 6.45) is 1.75. The van der Waals surface area contributed by atoms with E-state index in [4.69, 9.17) is 5.73 Å². The molecule has 1 radical (unpaired) electrons. The normalized spacial score (nSPS) is 10.0. The third-order valence-electron chi connectivity index (χ3n) is 0.433. The zero-order valence-electron chi connectivity index (χ0n) is 4.15. The Morgan fingerprint density at radius 2 is 1.83 bits per heavy atom. The largest absolute Gasteiger partial charge is 0.703 e. The zero-order chi connectivity index (χ0) is 4.28. The average Bonchev–Trinajstić information content (AvgIpc) is 1.38. The molecule has 0 aliphatic heterocycles. The quantitative estimate of drug-likeness (QED) is 0.653. The van der Waals surface area contributed by atoms with Crippen LogP contribution in [0.2, 0.25) is 0 Å². The van der Waals surface area contributed by atoms with E-state index in [0.29, 0.717) is 5.70 Å². The van der Waals surface area contributed by atoms with Crippen LogP contribution in [0.15, 0.2) is 11.8 Å². The molecule has 0 aliphatic rings. The van der Waals surface area contributed by atoms with Gasteiger partial charge in [-0.3, -0.25) is 0 Å². The summed E-state index contributed by atoms with van der Waals surface area (Å²) in [6.45, 7) is 3.60. The van der Waals surface area contributed by atoms with Gasteiger partial charge in [0.2, 0.25) is 0 Å². The number of nitrogens with one attached hydrogen (secondary N) is 1. The minimum atomic E-state index is 0. The molecule has 0 aliphatic carbocycles. The van der Waals surface area contributed by atoms with Crippen molar-refractivity contribution < 1.29 is 44.1 Å². The first-order valence-corrected chi connectivity index (χ1v) is 1.62. The SMILES string of the molecule is C/C=C(/C)[NH-].[Ac]. The van der Waals surface area contributed by atoms with Crippen molar-refractivity contribution in [3.63, 3.8) is 0 Å². The summed E-state index contributed by atoms with van der Waals surface area (Å²) in [6, 6.07) is 0. The maximum atomic E-state index is 6.69. The van der Waals surface area contributed by atoms with Gasteiger partial charge in [0.1, 0.15) is 0 Å². The molecule has 6 heavy (non-hydrogen) atoms. The molecule has 0 unspecified atom stereocenters.